The topological polar surface area (TPSA) is 64.7 Å². The van der Waals surface area contributed by atoms with Crippen LogP contribution in [0.2, 0.25) is 0 Å². The van der Waals surface area contributed by atoms with E-state index in [9.17, 15) is 9.59 Å². The van der Waals surface area contributed by atoms with Crippen molar-refractivity contribution in [1.82, 2.24) is 20.4 Å². The normalized spacial score (nSPS) is 14.9. The van der Waals surface area contributed by atoms with Gasteiger partial charge in [0.15, 0.2) is 0 Å². The van der Waals surface area contributed by atoms with E-state index < -0.39 is 0 Å². The zero-order chi connectivity index (χ0) is 18.8. The van der Waals surface area contributed by atoms with E-state index in [2.05, 4.69) is 17.6 Å². The second-order valence-corrected chi connectivity index (χ2v) is 6.93. The minimum Gasteiger partial charge on any atom is -0.355 e. The molecule has 1 heterocycles. The van der Waals surface area contributed by atoms with Crippen molar-refractivity contribution in [3.05, 3.63) is 35.9 Å². The fraction of sp³-hybridized carbons (Fsp3) is 0.600. The molecular formula is C20H32N4O2. The van der Waals surface area contributed by atoms with Gasteiger partial charge < -0.3 is 20.4 Å². The Bertz CT molecular complexity index is 556. The van der Waals surface area contributed by atoms with Crippen molar-refractivity contribution in [2.75, 3.05) is 39.8 Å². The highest BCUT2D eigenvalue weighted by Gasteiger charge is 2.28. The van der Waals surface area contributed by atoms with Crippen LogP contribution >= 0.6 is 0 Å². The van der Waals surface area contributed by atoms with Gasteiger partial charge in [-0.05, 0) is 31.4 Å². The number of carbonyl (C=O) groups is 2. The van der Waals surface area contributed by atoms with E-state index in [0.29, 0.717) is 26.2 Å². The second-order valence-electron chi connectivity index (χ2n) is 6.93. The number of carbonyl (C=O) groups excluding carboxylic acids is 2. The monoisotopic (exact) mass is 360 g/mol. The Hall–Kier alpha value is -2.08. The van der Waals surface area contributed by atoms with E-state index in [4.69, 9.17) is 0 Å². The van der Waals surface area contributed by atoms with Crippen LogP contribution in [0.25, 0.3) is 0 Å². The van der Waals surface area contributed by atoms with E-state index >= 15 is 0 Å². The smallest absolute Gasteiger partial charge is 0.320 e. The molecule has 2 N–H and O–H groups in total. The van der Waals surface area contributed by atoms with Crippen LogP contribution in [0.1, 0.15) is 31.7 Å². The van der Waals surface area contributed by atoms with Crippen LogP contribution < -0.4 is 10.6 Å². The first-order chi connectivity index (χ1) is 12.6. The third kappa shape index (κ3) is 6.33. The van der Waals surface area contributed by atoms with Crippen LogP contribution in [0, 0.1) is 5.92 Å². The summed E-state index contributed by atoms with van der Waals surface area (Å²) < 4.78 is 0. The van der Waals surface area contributed by atoms with Crippen molar-refractivity contribution in [2.45, 2.75) is 32.7 Å². The lowest BCUT2D eigenvalue weighted by atomic mass is 9.96. The van der Waals surface area contributed by atoms with Crippen LogP contribution in [0.15, 0.2) is 30.3 Å². The summed E-state index contributed by atoms with van der Waals surface area (Å²) in [6.45, 7) is 6.46. The van der Waals surface area contributed by atoms with Crippen molar-refractivity contribution >= 4 is 11.9 Å². The summed E-state index contributed by atoms with van der Waals surface area (Å²) in [6.07, 6.45) is 2.57. The van der Waals surface area contributed by atoms with Gasteiger partial charge in [0, 0.05) is 45.7 Å². The van der Waals surface area contributed by atoms with Crippen molar-refractivity contribution in [2.24, 2.45) is 5.92 Å². The summed E-state index contributed by atoms with van der Waals surface area (Å²) in [5.74, 6) is 0.137. The molecule has 1 saturated heterocycles. The molecule has 3 amide bonds. The number of benzene rings is 1. The minimum atomic E-state index is 0.0182. The Morgan fingerprint density at radius 1 is 1.12 bits per heavy atom. The summed E-state index contributed by atoms with van der Waals surface area (Å²) in [7, 11) is 1.83. The molecule has 0 aromatic heterocycles. The number of hydrogen-bond donors (Lipinski definition) is 2. The molecule has 144 valence electrons. The van der Waals surface area contributed by atoms with Crippen LogP contribution in [-0.2, 0) is 11.3 Å². The highest BCUT2D eigenvalue weighted by molar-refractivity contribution is 5.79. The first-order valence-corrected chi connectivity index (χ1v) is 9.64. The third-order valence-electron chi connectivity index (χ3n) is 4.75. The summed E-state index contributed by atoms with van der Waals surface area (Å²) in [6, 6.07) is 10.0. The molecule has 1 fully saturated rings. The molecule has 0 unspecified atom stereocenters. The van der Waals surface area contributed by atoms with Gasteiger partial charge in [-0.15, -0.1) is 0 Å². The van der Waals surface area contributed by atoms with Gasteiger partial charge in [0.25, 0.3) is 0 Å². The Morgan fingerprint density at radius 2 is 1.81 bits per heavy atom. The zero-order valence-electron chi connectivity index (χ0n) is 16.0. The third-order valence-corrected chi connectivity index (χ3v) is 4.75. The number of hydrogen-bond acceptors (Lipinski definition) is 3. The van der Waals surface area contributed by atoms with Gasteiger partial charge in [-0.25, -0.2) is 4.79 Å². The Labute approximate surface area is 156 Å². The molecule has 0 aliphatic carbocycles. The average molecular weight is 361 g/mol. The number of likely N-dealkylation sites (tertiary alicyclic amines) is 1. The molecule has 1 aliphatic rings. The van der Waals surface area contributed by atoms with Crippen molar-refractivity contribution < 1.29 is 9.59 Å². The van der Waals surface area contributed by atoms with Gasteiger partial charge in [-0.3, -0.25) is 4.79 Å². The van der Waals surface area contributed by atoms with E-state index in [0.717, 1.165) is 37.9 Å². The number of nitrogens with zero attached hydrogens (tertiary/aromatic N) is 2. The van der Waals surface area contributed by atoms with Gasteiger partial charge in [-0.1, -0.05) is 37.3 Å². The predicted octanol–water partition coefficient (Wildman–Crippen LogP) is 2.07. The lowest BCUT2D eigenvalue weighted by molar-refractivity contribution is -0.126. The molecule has 6 nitrogen and oxygen atoms in total. The van der Waals surface area contributed by atoms with E-state index in [1.807, 2.05) is 42.3 Å². The predicted molar refractivity (Wildman–Crippen MR) is 104 cm³/mol. The standard InChI is InChI=1S/C20H32N4O2/c1-3-11-21-12-13-22-19(25)18-9-14-24(15-10-18)20(26)23(2)16-17-7-5-4-6-8-17/h4-8,18,21H,3,9-16H2,1-2H3,(H,22,25). The summed E-state index contributed by atoms with van der Waals surface area (Å²) in [5, 5.41) is 6.27. The number of urea groups is 1. The molecule has 2 rings (SSSR count). The molecule has 0 radical (unpaired) electrons. The Kier molecular flexibility index (Phi) is 8.41. The Morgan fingerprint density at radius 3 is 2.46 bits per heavy atom. The highest BCUT2D eigenvalue weighted by atomic mass is 16.2. The van der Waals surface area contributed by atoms with Crippen LogP contribution in [0.3, 0.4) is 0 Å². The van der Waals surface area contributed by atoms with E-state index in [1.165, 1.54) is 0 Å². The fourth-order valence-electron chi connectivity index (χ4n) is 3.22. The number of rotatable bonds is 8. The molecule has 1 aromatic rings. The maximum absolute atomic E-state index is 12.6. The number of nitrogens with one attached hydrogen (secondary N) is 2. The maximum atomic E-state index is 12.6. The quantitative estimate of drug-likeness (QED) is 0.698. The molecule has 0 atom stereocenters. The SMILES string of the molecule is CCCNCCNC(=O)C1CCN(C(=O)N(C)Cc2ccccc2)CC1. The highest BCUT2D eigenvalue weighted by Crippen LogP contribution is 2.18. The first kappa shape index (κ1) is 20.2. The molecule has 0 saturated carbocycles. The van der Waals surface area contributed by atoms with E-state index in [-0.39, 0.29) is 17.9 Å². The first-order valence-electron chi connectivity index (χ1n) is 9.64. The number of amides is 3. The lowest BCUT2D eigenvalue weighted by Gasteiger charge is -2.34. The largest absolute Gasteiger partial charge is 0.355 e. The lowest BCUT2D eigenvalue weighted by Crippen LogP contribution is -2.47. The van der Waals surface area contributed by atoms with E-state index in [1.54, 1.807) is 4.90 Å². The summed E-state index contributed by atoms with van der Waals surface area (Å²) in [4.78, 5) is 28.4. The van der Waals surface area contributed by atoms with Crippen LogP contribution in [-0.4, -0.2) is 61.5 Å². The van der Waals surface area contributed by atoms with Gasteiger partial charge >= 0.3 is 6.03 Å². The molecule has 1 aliphatic heterocycles. The van der Waals surface area contributed by atoms with Gasteiger partial charge in [-0.2, -0.15) is 0 Å². The zero-order valence-corrected chi connectivity index (χ0v) is 16.0. The summed E-state index contributed by atoms with van der Waals surface area (Å²) >= 11 is 0. The molecule has 1 aromatic carbocycles. The summed E-state index contributed by atoms with van der Waals surface area (Å²) in [5.41, 5.74) is 1.12. The van der Waals surface area contributed by atoms with Gasteiger partial charge in [0.2, 0.25) is 5.91 Å². The molecule has 0 bridgehead atoms. The number of piperidine rings is 1. The molecule has 0 spiro atoms. The minimum absolute atomic E-state index is 0.0182. The van der Waals surface area contributed by atoms with Crippen molar-refractivity contribution in [1.29, 1.82) is 0 Å². The average Bonchev–Trinajstić information content (AvgIpc) is 2.68. The maximum Gasteiger partial charge on any atom is 0.320 e. The van der Waals surface area contributed by atoms with Crippen molar-refractivity contribution in [3.63, 3.8) is 0 Å². The second kappa shape index (κ2) is 10.8. The molecule has 6 heteroatoms. The molecular weight excluding hydrogens is 328 g/mol. The van der Waals surface area contributed by atoms with Gasteiger partial charge in [0.1, 0.15) is 0 Å². The van der Waals surface area contributed by atoms with Crippen LogP contribution in [0.4, 0.5) is 4.79 Å². The Balaban J connectivity index is 1.70. The molecule has 26 heavy (non-hydrogen) atoms. The van der Waals surface area contributed by atoms with Gasteiger partial charge in [0.05, 0.1) is 0 Å². The fourth-order valence-corrected chi connectivity index (χ4v) is 3.22. The van der Waals surface area contributed by atoms with Crippen molar-refractivity contribution in [3.8, 4) is 0 Å². The van der Waals surface area contributed by atoms with Crippen LogP contribution in [0.5, 0.6) is 0 Å².